The van der Waals surface area contributed by atoms with E-state index in [2.05, 4.69) is 0 Å². The number of nitrogens with two attached hydrogens (primary N) is 1. The van der Waals surface area contributed by atoms with Crippen molar-refractivity contribution in [2.45, 2.75) is 31.6 Å². The quantitative estimate of drug-likeness (QED) is 0.896. The molecular formula is C14H20N2O4S. The predicted molar refractivity (Wildman–Crippen MR) is 78.6 cm³/mol. The third kappa shape index (κ3) is 3.74. The van der Waals surface area contributed by atoms with Crippen LogP contribution in [0.5, 0.6) is 5.75 Å². The van der Waals surface area contributed by atoms with Crippen LogP contribution in [0.4, 0.5) is 0 Å². The minimum Gasteiger partial charge on any atom is -0.484 e. The van der Waals surface area contributed by atoms with Gasteiger partial charge in [0.1, 0.15) is 5.75 Å². The summed E-state index contributed by atoms with van der Waals surface area (Å²) >= 11 is 0. The second-order valence-corrected chi connectivity index (χ2v) is 6.81. The molecule has 1 aromatic rings. The summed E-state index contributed by atoms with van der Waals surface area (Å²) in [4.78, 5) is 13.8. The second kappa shape index (κ2) is 6.03. The number of hydrogen-bond acceptors (Lipinski definition) is 4. The van der Waals surface area contributed by atoms with E-state index in [-0.39, 0.29) is 17.4 Å². The number of rotatable bonds is 4. The molecule has 1 fully saturated rings. The Morgan fingerprint density at radius 1 is 1.24 bits per heavy atom. The van der Waals surface area contributed by atoms with Gasteiger partial charge in [-0.3, -0.25) is 4.79 Å². The van der Waals surface area contributed by atoms with Crippen LogP contribution in [-0.2, 0) is 14.8 Å². The van der Waals surface area contributed by atoms with E-state index in [0.717, 1.165) is 25.9 Å². The fourth-order valence-electron chi connectivity index (χ4n) is 2.65. The minimum atomic E-state index is -3.76. The van der Waals surface area contributed by atoms with Gasteiger partial charge in [-0.2, -0.15) is 0 Å². The summed E-state index contributed by atoms with van der Waals surface area (Å²) in [6.45, 7) is 4.84. The number of aryl methyl sites for hydroxylation is 2. The first-order valence-corrected chi connectivity index (χ1v) is 8.38. The molecule has 116 valence electrons. The zero-order valence-corrected chi connectivity index (χ0v) is 13.1. The topological polar surface area (TPSA) is 89.7 Å². The number of likely N-dealkylation sites (tertiary alicyclic amines) is 1. The maximum absolute atomic E-state index is 11.9. The Balaban J connectivity index is 2.10. The molecule has 1 saturated heterocycles. The van der Waals surface area contributed by atoms with E-state index in [0.29, 0.717) is 16.9 Å². The molecule has 6 nitrogen and oxygen atoms in total. The minimum absolute atomic E-state index is 0.0341. The van der Waals surface area contributed by atoms with Gasteiger partial charge in [-0.05, 0) is 49.9 Å². The lowest BCUT2D eigenvalue weighted by Crippen LogP contribution is -2.32. The van der Waals surface area contributed by atoms with Crippen LogP contribution >= 0.6 is 0 Å². The number of hydrogen-bond donors (Lipinski definition) is 1. The van der Waals surface area contributed by atoms with Crippen LogP contribution < -0.4 is 9.88 Å². The Hall–Kier alpha value is -1.60. The van der Waals surface area contributed by atoms with E-state index in [1.54, 1.807) is 30.9 Å². The number of primary sulfonamides is 1. The number of amides is 1. The Bertz CT molecular complexity index is 626. The summed E-state index contributed by atoms with van der Waals surface area (Å²) in [5, 5.41) is 5.18. The lowest BCUT2D eigenvalue weighted by Gasteiger charge is -2.16. The van der Waals surface area contributed by atoms with Crippen molar-refractivity contribution >= 4 is 15.9 Å². The smallest absolute Gasteiger partial charge is 0.260 e. The van der Waals surface area contributed by atoms with Crippen molar-refractivity contribution in [2.24, 2.45) is 5.14 Å². The fourth-order valence-corrected chi connectivity index (χ4v) is 3.66. The molecule has 0 spiro atoms. The van der Waals surface area contributed by atoms with E-state index >= 15 is 0 Å². The maximum atomic E-state index is 11.9. The normalized spacial score (nSPS) is 15.3. The molecule has 0 aliphatic carbocycles. The van der Waals surface area contributed by atoms with Crippen molar-refractivity contribution < 1.29 is 17.9 Å². The SMILES string of the molecule is Cc1cc(OCC(=O)N2CCCC2)cc(C)c1S(N)(=O)=O. The standard InChI is InChI=1S/C14H20N2O4S/c1-10-7-12(8-11(2)14(10)21(15,18)19)20-9-13(17)16-5-3-4-6-16/h7-8H,3-6,9H2,1-2H3,(H2,15,18,19). The molecule has 0 aromatic heterocycles. The molecular weight excluding hydrogens is 292 g/mol. The zero-order chi connectivity index (χ0) is 15.6. The van der Waals surface area contributed by atoms with Crippen molar-refractivity contribution in [2.75, 3.05) is 19.7 Å². The van der Waals surface area contributed by atoms with E-state index in [1.165, 1.54) is 0 Å². The molecule has 1 aromatic carbocycles. The van der Waals surface area contributed by atoms with Crippen molar-refractivity contribution in [3.63, 3.8) is 0 Å². The summed E-state index contributed by atoms with van der Waals surface area (Å²) in [5.41, 5.74) is 1.03. The van der Waals surface area contributed by atoms with E-state index < -0.39 is 10.0 Å². The molecule has 0 unspecified atom stereocenters. The largest absolute Gasteiger partial charge is 0.484 e. The summed E-state index contributed by atoms with van der Waals surface area (Å²) < 4.78 is 28.5. The molecule has 0 atom stereocenters. The number of ether oxygens (including phenoxy) is 1. The van der Waals surface area contributed by atoms with Crippen LogP contribution in [0.3, 0.4) is 0 Å². The van der Waals surface area contributed by atoms with Gasteiger partial charge in [0, 0.05) is 13.1 Å². The Morgan fingerprint density at radius 2 is 1.76 bits per heavy atom. The molecule has 0 bridgehead atoms. The molecule has 2 rings (SSSR count). The average Bonchev–Trinajstić information content (AvgIpc) is 2.87. The van der Waals surface area contributed by atoms with E-state index in [4.69, 9.17) is 9.88 Å². The first-order chi connectivity index (χ1) is 9.79. The predicted octanol–water partition coefficient (Wildman–Crippen LogP) is 0.952. The maximum Gasteiger partial charge on any atom is 0.260 e. The molecule has 1 heterocycles. The zero-order valence-electron chi connectivity index (χ0n) is 12.3. The summed E-state index contributed by atoms with van der Waals surface area (Å²) in [7, 11) is -3.76. The van der Waals surface area contributed by atoms with Crippen LogP contribution in [0.2, 0.25) is 0 Å². The fraction of sp³-hybridized carbons (Fsp3) is 0.500. The van der Waals surface area contributed by atoms with Crippen LogP contribution in [0.1, 0.15) is 24.0 Å². The molecule has 0 saturated carbocycles. The molecule has 7 heteroatoms. The number of sulfonamides is 1. The van der Waals surface area contributed by atoms with Gasteiger partial charge in [-0.15, -0.1) is 0 Å². The summed E-state index contributed by atoms with van der Waals surface area (Å²) in [5.74, 6) is 0.434. The van der Waals surface area contributed by atoms with E-state index in [9.17, 15) is 13.2 Å². The highest BCUT2D eigenvalue weighted by Gasteiger charge is 2.19. The molecule has 1 aliphatic heterocycles. The summed E-state index contributed by atoms with van der Waals surface area (Å²) in [6.07, 6.45) is 2.07. The third-order valence-corrected chi connectivity index (χ3v) is 4.75. The van der Waals surface area contributed by atoms with Gasteiger partial charge in [0.05, 0.1) is 4.90 Å². The number of nitrogens with zero attached hydrogens (tertiary/aromatic N) is 1. The van der Waals surface area contributed by atoms with Crippen molar-refractivity contribution in [1.29, 1.82) is 0 Å². The number of carbonyl (C=O) groups excluding carboxylic acids is 1. The molecule has 1 aliphatic rings. The Morgan fingerprint density at radius 3 is 2.24 bits per heavy atom. The monoisotopic (exact) mass is 312 g/mol. The summed E-state index contributed by atoms with van der Waals surface area (Å²) in [6, 6.07) is 3.17. The Labute approximate surface area is 124 Å². The molecule has 2 N–H and O–H groups in total. The first-order valence-electron chi connectivity index (χ1n) is 6.83. The molecule has 0 radical (unpaired) electrons. The van der Waals surface area contributed by atoms with Gasteiger partial charge >= 0.3 is 0 Å². The second-order valence-electron chi connectivity index (χ2n) is 5.31. The van der Waals surface area contributed by atoms with Crippen molar-refractivity contribution in [1.82, 2.24) is 4.90 Å². The third-order valence-electron chi connectivity index (χ3n) is 3.54. The Kier molecular flexibility index (Phi) is 4.53. The van der Waals surface area contributed by atoms with Gasteiger partial charge in [-0.25, -0.2) is 13.6 Å². The van der Waals surface area contributed by atoms with Crippen LogP contribution in [0.25, 0.3) is 0 Å². The molecule has 1 amide bonds. The highest BCUT2D eigenvalue weighted by Crippen LogP contribution is 2.25. The van der Waals surface area contributed by atoms with Gasteiger partial charge in [0.2, 0.25) is 10.0 Å². The highest BCUT2D eigenvalue weighted by atomic mass is 32.2. The van der Waals surface area contributed by atoms with Gasteiger partial charge in [0.15, 0.2) is 6.61 Å². The highest BCUT2D eigenvalue weighted by molar-refractivity contribution is 7.89. The van der Waals surface area contributed by atoms with Gasteiger partial charge < -0.3 is 9.64 Å². The molecule has 21 heavy (non-hydrogen) atoms. The average molecular weight is 312 g/mol. The van der Waals surface area contributed by atoms with Crippen molar-refractivity contribution in [3.05, 3.63) is 23.3 Å². The van der Waals surface area contributed by atoms with E-state index in [1.807, 2.05) is 0 Å². The lowest BCUT2D eigenvalue weighted by atomic mass is 10.1. The van der Waals surface area contributed by atoms with Crippen LogP contribution in [0, 0.1) is 13.8 Å². The number of carbonyl (C=O) groups is 1. The van der Waals surface area contributed by atoms with Gasteiger partial charge in [-0.1, -0.05) is 0 Å². The van der Waals surface area contributed by atoms with Crippen LogP contribution in [-0.4, -0.2) is 38.9 Å². The number of benzene rings is 1. The van der Waals surface area contributed by atoms with Crippen molar-refractivity contribution in [3.8, 4) is 5.75 Å². The first kappa shape index (κ1) is 15.8. The van der Waals surface area contributed by atoms with Crippen LogP contribution in [0.15, 0.2) is 17.0 Å². The lowest BCUT2D eigenvalue weighted by molar-refractivity contribution is -0.132. The van der Waals surface area contributed by atoms with Gasteiger partial charge in [0.25, 0.3) is 5.91 Å².